The highest BCUT2D eigenvalue weighted by Crippen LogP contribution is 2.25. The van der Waals surface area contributed by atoms with E-state index in [0.29, 0.717) is 30.4 Å². The number of allylic oxidation sites excluding steroid dienone is 1. The Bertz CT molecular complexity index is 726. The molecule has 0 unspecified atom stereocenters. The molecule has 3 rings (SSSR count). The van der Waals surface area contributed by atoms with Crippen molar-refractivity contribution in [2.45, 2.75) is 13.8 Å². The topological polar surface area (TPSA) is 87.2 Å². The van der Waals surface area contributed by atoms with Crippen molar-refractivity contribution >= 4 is 17.6 Å². The molecule has 3 N–H and O–H groups in total. The van der Waals surface area contributed by atoms with Gasteiger partial charge >= 0.3 is 6.03 Å². The Morgan fingerprint density at radius 1 is 1.30 bits per heavy atom. The second kappa shape index (κ2) is 9.38. The van der Waals surface area contributed by atoms with Crippen molar-refractivity contribution in [1.29, 1.82) is 0 Å². The summed E-state index contributed by atoms with van der Waals surface area (Å²) in [6.45, 7) is 9.17. The van der Waals surface area contributed by atoms with Crippen molar-refractivity contribution < 1.29 is 14.3 Å². The maximum Gasteiger partial charge on any atom is 0.324 e. The first-order chi connectivity index (χ1) is 13.1. The number of hydrogen-bond donors (Lipinski definition) is 3. The van der Waals surface area contributed by atoms with E-state index in [-0.39, 0.29) is 6.03 Å². The first-order valence-electron chi connectivity index (χ1n) is 9.19. The van der Waals surface area contributed by atoms with Crippen LogP contribution in [-0.4, -0.2) is 62.8 Å². The molecule has 0 aromatic heterocycles. The monoisotopic (exact) mass is 373 g/mol. The van der Waals surface area contributed by atoms with Gasteiger partial charge in [0.1, 0.15) is 18.2 Å². The number of urea groups is 1. The summed E-state index contributed by atoms with van der Waals surface area (Å²) in [4.78, 5) is 18.8. The minimum Gasteiger partial charge on any atom is -0.490 e. The van der Waals surface area contributed by atoms with Crippen LogP contribution < -0.4 is 20.7 Å². The van der Waals surface area contributed by atoms with E-state index >= 15 is 0 Å². The summed E-state index contributed by atoms with van der Waals surface area (Å²) in [6.07, 6.45) is 1.69. The van der Waals surface area contributed by atoms with Crippen LogP contribution in [0.4, 0.5) is 10.5 Å². The minimum absolute atomic E-state index is 0.341. The van der Waals surface area contributed by atoms with Gasteiger partial charge in [0.05, 0.1) is 25.4 Å². The van der Waals surface area contributed by atoms with Crippen molar-refractivity contribution in [1.82, 2.24) is 15.5 Å². The molecule has 1 fully saturated rings. The number of rotatable bonds is 5. The summed E-state index contributed by atoms with van der Waals surface area (Å²) >= 11 is 0. The zero-order chi connectivity index (χ0) is 19.1. The number of carbonyl (C=O) groups is 1. The van der Waals surface area contributed by atoms with Gasteiger partial charge < -0.3 is 20.1 Å². The van der Waals surface area contributed by atoms with Gasteiger partial charge in [-0.15, -0.1) is 0 Å². The zero-order valence-corrected chi connectivity index (χ0v) is 15.9. The van der Waals surface area contributed by atoms with E-state index in [1.165, 1.54) is 0 Å². The van der Waals surface area contributed by atoms with Crippen LogP contribution in [0.3, 0.4) is 0 Å². The number of morpholine rings is 1. The molecule has 27 heavy (non-hydrogen) atoms. The third kappa shape index (κ3) is 5.97. The average molecular weight is 373 g/mol. The normalized spacial score (nSPS) is 17.4. The first kappa shape index (κ1) is 19.2. The van der Waals surface area contributed by atoms with E-state index in [1.54, 1.807) is 6.20 Å². The molecule has 146 valence electrons. The number of nitrogens with one attached hydrogen (secondary N) is 3. The number of amides is 2. The molecule has 0 radical (unpaired) electrons. The summed E-state index contributed by atoms with van der Waals surface area (Å²) in [6, 6.07) is 5.41. The Balaban J connectivity index is 1.55. The molecule has 1 saturated heterocycles. The lowest BCUT2D eigenvalue weighted by atomic mass is 10.2. The van der Waals surface area contributed by atoms with Gasteiger partial charge in [0.25, 0.3) is 0 Å². The number of hydrogen-bond acceptors (Lipinski definition) is 6. The van der Waals surface area contributed by atoms with Crippen molar-refractivity contribution in [3.05, 3.63) is 35.7 Å². The predicted molar refractivity (Wildman–Crippen MR) is 105 cm³/mol. The van der Waals surface area contributed by atoms with Crippen LogP contribution in [0.25, 0.3) is 0 Å². The van der Waals surface area contributed by atoms with Gasteiger partial charge in [0, 0.05) is 31.5 Å². The largest absolute Gasteiger partial charge is 0.490 e. The molecular weight excluding hydrogens is 346 g/mol. The van der Waals surface area contributed by atoms with Crippen molar-refractivity contribution in [2.75, 3.05) is 51.3 Å². The summed E-state index contributed by atoms with van der Waals surface area (Å²) in [5.41, 5.74) is 2.65. The smallest absolute Gasteiger partial charge is 0.324 e. The first-order valence-corrected chi connectivity index (χ1v) is 9.19. The number of nitrogens with zero attached hydrogens (tertiary/aromatic N) is 2. The van der Waals surface area contributed by atoms with E-state index in [0.717, 1.165) is 44.1 Å². The van der Waals surface area contributed by atoms with E-state index < -0.39 is 0 Å². The second-order valence-electron chi connectivity index (χ2n) is 6.62. The molecule has 8 nitrogen and oxygen atoms in total. The minimum atomic E-state index is -0.341. The number of anilines is 1. The Morgan fingerprint density at radius 3 is 2.85 bits per heavy atom. The van der Waals surface area contributed by atoms with Crippen LogP contribution in [0.1, 0.15) is 12.5 Å². The van der Waals surface area contributed by atoms with Crippen LogP contribution in [-0.2, 0) is 4.74 Å². The van der Waals surface area contributed by atoms with Crippen LogP contribution >= 0.6 is 0 Å². The standard InChI is InChI=1S/C19H27N5O3/c1-14-3-4-17(27-10-7-24-5-8-26-9-6-24)16(11-14)22-19(25)23-18-13-20-15(2)12-21-18/h3-4,11-12,20H,5-10,13H2,1-2H3,(H2,21,22,23,25). The number of amidine groups is 1. The SMILES string of the molecule is CC1=CN=C(NC(=O)Nc2cc(C)ccc2OCCN2CCOCC2)CN1. The molecule has 2 amide bonds. The summed E-state index contributed by atoms with van der Waals surface area (Å²) in [7, 11) is 0. The van der Waals surface area contributed by atoms with E-state index in [1.807, 2.05) is 32.0 Å². The molecule has 0 spiro atoms. The second-order valence-corrected chi connectivity index (χ2v) is 6.62. The summed E-state index contributed by atoms with van der Waals surface area (Å²) < 4.78 is 11.3. The lowest BCUT2D eigenvalue weighted by Crippen LogP contribution is -2.41. The molecule has 0 aliphatic carbocycles. The van der Waals surface area contributed by atoms with E-state index in [2.05, 4.69) is 25.8 Å². The lowest BCUT2D eigenvalue weighted by Gasteiger charge is -2.26. The highest BCUT2D eigenvalue weighted by atomic mass is 16.5. The van der Waals surface area contributed by atoms with Gasteiger partial charge in [0.2, 0.25) is 0 Å². The molecular formula is C19H27N5O3. The molecule has 0 atom stereocenters. The Hall–Kier alpha value is -2.58. The molecule has 0 saturated carbocycles. The Morgan fingerprint density at radius 2 is 2.11 bits per heavy atom. The zero-order valence-electron chi connectivity index (χ0n) is 15.9. The Kier molecular flexibility index (Phi) is 6.67. The molecule has 1 aromatic carbocycles. The van der Waals surface area contributed by atoms with Crippen molar-refractivity contribution in [3.63, 3.8) is 0 Å². The predicted octanol–water partition coefficient (Wildman–Crippen LogP) is 1.69. The number of benzene rings is 1. The fourth-order valence-corrected chi connectivity index (χ4v) is 2.83. The maximum atomic E-state index is 12.3. The van der Waals surface area contributed by atoms with Gasteiger partial charge in [-0.1, -0.05) is 6.07 Å². The van der Waals surface area contributed by atoms with Crippen LogP contribution in [0.15, 0.2) is 35.1 Å². The molecule has 1 aromatic rings. The summed E-state index contributed by atoms with van der Waals surface area (Å²) in [5, 5.41) is 8.75. The van der Waals surface area contributed by atoms with Gasteiger partial charge in [0.15, 0.2) is 0 Å². The fraction of sp³-hybridized carbons (Fsp3) is 0.474. The number of aryl methyl sites for hydroxylation is 1. The molecule has 2 heterocycles. The van der Waals surface area contributed by atoms with Gasteiger partial charge in [-0.25, -0.2) is 9.79 Å². The molecule has 0 bridgehead atoms. The third-order valence-corrected chi connectivity index (χ3v) is 4.36. The fourth-order valence-electron chi connectivity index (χ4n) is 2.83. The van der Waals surface area contributed by atoms with Crippen LogP contribution in [0.2, 0.25) is 0 Å². The van der Waals surface area contributed by atoms with Gasteiger partial charge in [-0.2, -0.15) is 0 Å². The molecule has 2 aliphatic rings. The van der Waals surface area contributed by atoms with Gasteiger partial charge in [-0.3, -0.25) is 10.2 Å². The van der Waals surface area contributed by atoms with Crippen LogP contribution in [0, 0.1) is 6.92 Å². The van der Waals surface area contributed by atoms with Crippen molar-refractivity contribution in [2.24, 2.45) is 4.99 Å². The third-order valence-electron chi connectivity index (χ3n) is 4.36. The van der Waals surface area contributed by atoms with Gasteiger partial charge in [-0.05, 0) is 31.5 Å². The number of carbonyl (C=O) groups excluding carboxylic acids is 1. The highest BCUT2D eigenvalue weighted by molar-refractivity contribution is 6.05. The highest BCUT2D eigenvalue weighted by Gasteiger charge is 2.13. The number of aliphatic imine (C=N–C) groups is 1. The van der Waals surface area contributed by atoms with E-state index in [4.69, 9.17) is 9.47 Å². The quantitative estimate of drug-likeness (QED) is 0.731. The van der Waals surface area contributed by atoms with E-state index in [9.17, 15) is 4.79 Å². The molecule has 2 aliphatic heterocycles. The lowest BCUT2D eigenvalue weighted by molar-refractivity contribution is 0.0323. The molecule has 8 heteroatoms. The Labute approximate surface area is 159 Å². The average Bonchev–Trinajstić information content (AvgIpc) is 2.66. The van der Waals surface area contributed by atoms with Crippen molar-refractivity contribution in [3.8, 4) is 5.75 Å². The maximum absolute atomic E-state index is 12.3. The summed E-state index contributed by atoms with van der Waals surface area (Å²) in [5.74, 6) is 1.23. The number of ether oxygens (including phenoxy) is 2. The van der Waals surface area contributed by atoms with Crippen LogP contribution in [0.5, 0.6) is 5.75 Å².